The van der Waals surface area contributed by atoms with Gasteiger partial charge in [-0.25, -0.2) is 4.98 Å². The molecule has 0 aliphatic carbocycles. The van der Waals surface area contributed by atoms with Crippen molar-refractivity contribution >= 4 is 59.3 Å². The number of hydrogen-bond acceptors (Lipinski definition) is 3. The fourth-order valence-corrected chi connectivity index (χ4v) is 3.90. The Morgan fingerprint density at radius 2 is 1.91 bits per heavy atom. The first-order valence-corrected chi connectivity index (χ1v) is 8.67. The van der Waals surface area contributed by atoms with E-state index in [2.05, 4.69) is 44.4 Å². The third-order valence-corrected chi connectivity index (χ3v) is 5.10. The Kier molecular flexibility index (Phi) is 3.59. The van der Waals surface area contributed by atoms with E-state index in [-0.39, 0.29) is 5.91 Å². The van der Waals surface area contributed by atoms with E-state index in [1.165, 1.54) is 16.7 Å². The van der Waals surface area contributed by atoms with Crippen LogP contribution in [-0.4, -0.2) is 10.9 Å². The molecule has 1 aromatic heterocycles. The highest BCUT2D eigenvalue weighted by Gasteiger charge is 2.11. The van der Waals surface area contributed by atoms with Gasteiger partial charge in [-0.05, 0) is 29.7 Å². The van der Waals surface area contributed by atoms with E-state index < -0.39 is 0 Å². The van der Waals surface area contributed by atoms with Crippen molar-refractivity contribution in [1.82, 2.24) is 4.98 Å². The summed E-state index contributed by atoms with van der Waals surface area (Å²) in [6, 6.07) is 19.5. The lowest BCUT2D eigenvalue weighted by Crippen LogP contribution is -2.11. The lowest BCUT2D eigenvalue weighted by Gasteiger charge is -2.01. The van der Waals surface area contributed by atoms with E-state index in [1.54, 1.807) is 12.1 Å². The van der Waals surface area contributed by atoms with E-state index in [4.69, 9.17) is 0 Å². The number of nitrogens with zero attached hydrogens (tertiary/aromatic N) is 1. The van der Waals surface area contributed by atoms with Crippen LogP contribution < -0.4 is 5.32 Å². The third kappa shape index (κ3) is 2.73. The molecule has 4 aromatic rings. The Morgan fingerprint density at radius 3 is 2.78 bits per heavy atom. The maximum atomic E-state index is 12.3. The van der Waals surface area contributed by atoms with Gasteiger partial charge in [0.1, 0.15) is 0 Å². The van der Waals surface area contributed by atoms with Crippen LogP contribution in [0.25, 0.3) is 21.0 Å². The Labute approximate surface area is 145 Å². The number of benzene rings is 3. The van der Waals surface area contributed by atoms with E-state index in [0.717, 1.165) is 20.1 Å². The molecular weight excluding hydrogens is 372 g/mol. The Balaban J connectivity index is 1.72. The van der Waals surface area contributed by atoms with Crippen molar-refractivity contribution in [2.24, 2.45) is 0 Å². The summed E-state index contributed by atoms with van der Waals surface area (Å²) >= 11 is 4.88. The molecule has 0 spiro atoms. The molecule has 0 aliphatic heterocycles. The molecule has 0 unspecified atom stereocenters. The summed E-state index contributed by atoms with van der Waals surface area (Å²) in [6.07, 6.45) is 0. The molecule has 0 atom stereocenters. The van der Waals surface area contributed by atoms with Crippen LogP contribution in [0.15, 0.2) is 65.1 Å². The first-order valence-electron chi connectivity index (χ1n) is 7.06. The zero-order valence-electron chi connectivity index (χ0n) is 11.9. The minimum atomic E-state index is -0.158. The van der Waals surface area contributed by atoms with Crippen LogP contribution in [0.3, 0.4) is 0 Å². The highest BCUT2D eigenvalue weighted by molar-refractivity contribution is 9.10. The smallest absolute Gasteiger partial charge is 0.257 e. The molecular formula is C18H11BrN2OS. The summed E-state index contributed by atoms with van der Waals surface area (Å²) < 4.78 is 1.97. The molecule has 0 radical (unpaired) electrons. The number of nitrogens with one attached hydrogen (secondary N) is 1. The van der Waals surface area contributed by atoms with Crippen molar-refractivity contribution in [3.8, 4) is 0 Å². The van der Waals surface area contributed by atoms with Crippen molar-refractivity contribution in [2.75, 3.05) is 5.32 Å². The van der Waals surface area contributed by atoms with Gasteiger partial charge in [-0.15, -0.1) is 0 Å². The van der Waals surface area contributed by atoms with Crippen LogP contribution in [0.2, 0.25) is 0 Å². The van der Waals surface area contributed by atoms with Gasteiger partial charge >= 0.3 is 0 Å². The molecule has 4 rings (SSSR count). The maximum absolute atomic E-state index is 12.3. The van der Waals surface area contributed by atoms with Crippen LogP contribution in [0, 0.1) is 0 Å². The van der Waals surface area contributed by atoms with Gasteiger partial charge < -0.3 is 0 Å². The molecule has 0 saturated carbocycles. The number of amides is 1. The normalized spacial score (nSPS) is 11.0. The highest BCUT2D eigenvalue weighted by Crippen LogP contribution is 2.32. The summed E-state index contributed by atoms with van der Waals surface area (Å²) in [5.41, 5.74) is 1.50. The van der Waals surface area contributed by atoms with E-state index >= 15 is 0 Å². The molecule has 5 heteroatoms. The Bertz CT molecular complexity index is 1040. The van der Waals surface area contributed by atoms with Gasteiger partial charge in [0.05, 0.1) is 10.2 Å². The first kappa shape index (κ1) is 14.4. The second-order valence-electron chi connectivity index (χ2n) is 5.12. The molecule has 1 N–H and O–H groups in total. The standard InChI is InChI=1S/C18H11BrN2OS/c19-13-6-3-5-12(10-13)17(22)21-18-20-15-9-8-11-4-1-2-7-14(11)16(15)23-18/h1-10H,(H,20,21,22). The first-order chi connectivity index (χ1) is 11.2. The average molecular weight is 383 g/mol. The summed E-state index contributed by atoms with van der Waals surface area (Å²) in [5, 5.41) is 5.83. The van der Waals surface area contributed by atoms with Crippen molar-refractivity contribution < 1.29 is 4.79 Å². The van der Waals surface area contributed by atoms with Gasteiger partial charge in [-0.1, -0.05) is 63.7 Å². The monoisotopic (exact) mass is 382 g/mol. The molecule has 0 aliphatic rings. The quantitative estimate of drug-likeness (QED) is 0.499. The average Bonchev–Trinajstić information content (AvgIpc) is 2.97. The zero-order chi connectivity index (χ0) is 15.8. The van der Waals surface area contributed by atoms with Gasteiger partial charge in [0.25, 0.3) is 5.91 Å². The summed E-state index contributed by atoms with van der Waals surface area (Å²) in [7, 11) is 0. The van der Waals surface area contributed by atoms with E-state index in [9.17, 15) is 4.79 Å². The molecule has 0 fully saturated rings. The summed E-state index contributed by atoms with van der Waals surface area (Å²) in [5.74, 6) is -0.158. The van der Waals surface area contributed by atoms with Crippen LogP contribution in [0.1, 0.15) is 10.4 Å². The number of aromatic nitrogens is 1. The number of carbonyl (C=O) groups is 1. The van der Waals surface area contributed by atoms with Crippen LogP contribution in [0.5, 0.6) is 0 Å². The van der Waals surface area contributed by atoms with Crippen LogP contribution >= 0.6 is 27.3 Å². The topological polar surface area (TPSA) is 42.0 Å². The van der Waals surface area contributed by atoms with Crippen molar-refractivity contribution in [2.45, 2.75) is 0 Å². The van der Waals surface area contributed by atoms with Crippen LogP contribution in [0.4, 0.5) is 5.13 Å². The van der Waals surface area contributed by atoms with Crippen LogP contribution in [-0.2, 0) is 0 Å². The molecule has 23 heavy (non-hydrogen) atoms. The minimum Gasteiger partial charge on any atom is -0.298 e. The predicted molar refractivity (Wildman–Crippen MR) is 99.2 cm³/mol. The number of thiazole rings is 1. The van der Waals surface area contributed by atoms with Crippen molar-refractivity contribution in [3.05, 3.63) is 70.7 Å². The van der Waals surface area contributed by atoms with Crippen molar-refractivity contribution in [1.29, 1.82) is 0 Å². The van der Waals surface area contributed by atoms with Gasteiger partial charge in [0.15, 0.2) is 5.13 Å². The largest absolute Gasteiger partial charge is 0.298 e. The number of anilines is 1. The van der Waals surface area contributed by atoms with E-state index in [1.807, 2.05) is 30.3 Å². The summed E-state index contributed by atoms with van der Waals surface area (Å²) in [4.78, 5) is 16.9. The lowest BCUT2D eigenvalue weighted by molar-refractivity contribution is 0.102. The molecule has 1 amide bonds. The van der Waals surface area contributed by atoms with Crippen molar-refractivity contribution in [3.63, 3.8) is 0 Å². The minimum absolute atomic E-state index is 0.158. The fraction of sp³-hybridized carbons (Fsp3) is 0. The second kappa shape index (κ2) is 5.76. The van der Waals surface area contributed by atoms with Gasteiger partial charge in [0, 0.05) is 15.4 Å². The number of hydrogen-bond donors (Lipinski definition) is 1. The number of rotatable bonds is 2. The van der Waals surface area contributed by atoms with Gasteiger partial charge in [-0.3, -0.25) is 10.1 Å². The maximum Gasteiger partial charge on any atom is 0.257 e. The molecule has 3 nitrogen and oxygen atoms in total. The zero-order valence-corrected chi connectivity index (χ0v) is 14.3. The highest BCUT2D eigenvalue weighted by atomic mass is 79.9. The lowest BCUT2D eigenvalue weighted by atomic mass is 10.1. The fourth-order valence-electron chi connectivity index (χ4n) is 2.51. The number of halogens is 1. The predicted octanol–water partition coefficient (Wildman–Crippen LogP) is 5.46. The molecule has 1 heterocycles. The van der Waals surface area contributed by atoms with Gasteiger partial charge in [-0.2, -0.15) is 0 Å². The molecule has 0 bridgehead atoms. The number of carbonyl (C=O) groups excluding carboxylic acids is 1. The SMILES string of the molecule is O=C(Nc1nc2ccc3ccccc3c2s1)c1cccc(Br)c1. The number of fused-ring (bicyclic) bond motifs is 3. The Morgan fingerprint density at radius 1 is 1.04 bits per heavy atom. The molecule has 0 saturated heterocycles. The molecule has 3 aromatic carbocycles. The van der Waals surface area contributed by atoms with Gasteiger partial charge in [0.2, 0.25) is 0 Å². The summed E-state index contributed by atoms with van der Waals surface area (Å²) in [6.45, 7) is 0. The third-order valence-electron chi connectivity index (χ3n) is 3.59. The second-order valence-corrected chi connectivity index (χ2v) is 7.03. The Hall–Kier alpha value is -2.24. The molecule has 112 valence electrons. The van der Waals surface area contributed by atoms with E-state index in [0.29, 0.717) is 10.7 Å².